The fourth-order valence-corrected chi connectivity index (χ4v) is 4.66. The highest BCUT2D eigenvalue weighted by Gasteiger charge is 2.30. The molecule has 2 aliphatic rings. The lowest BCUT2D eigenvalue weighted by Crippen LogP contribution is -2.56. The topological polar surface area (TPSA) is 26.8 Å². The van der Waals surface area contributed by atoms with Crippen LogP contribution in [0.4, 0.5) is 0 Å². The summed E-state index contributed by atoms with van der Waals surface area (Å²) in [5, 5.41) is 4.42. The quantitative estimate of drug-likeness (QED) is 0.818. The van der Waals surface area contributed by atoms with Gasteiger partial charge in [0.25, 0.3) is 0 Å². The molecular formula is C19H31N3OS. The van der Waals surface area contributed by atoms with Gasteiger partial charge in [-0.15, -0.1) is 0 Å². The monoisotopic (exact) mass is 349 g/mol. The molecule has 2 atom stereocenters. The molecule has 3 rings (SSSR count). The minimum atomic E-state index is 0.0393. The van der Waals surface area contributed by atoms with Gasteiger partial charge in [-0.25, -0.2) is 0 Å². The normalized spacial score (nSPS) is 23.2. The van der Waals surface area contributed by atoms with Crippen molar-refractivity contribution in [1.29, 1.82) is 0 Å². The van der Waals surface area contributed by atoms with Crippen LogP contribution in [-0.4, -0.2) is 72.0 Å². The van der Waals surface area contributed by atoms with Crippen molar-refractivity contribution in [3.8, 4) is 0 Å². The smallest absolute Gasteiger partial charge is 0.239 e. The number of hydrogen-bond donors (Lipinski definition) is 0. The SMILES string of the molecule is C[C@H](Cc1ccsc1)N1CCN([C@@H](C)C(=O)N2CCCCC2)CC1. The molecule has 134 valence electrons. The van der Waals surface area contributed by atoms with E-state index < -0.39 is 0 Å². The van der Waals surface area contributed by atoms with Crippen LogP contribution in [0.15, 0.2) is 16.8 Å². The maximum Gasteiger partial charge on any atom is 0.239 e. The fraction of sp³-hybridized carbons (Fsp3) is 0.737. The molecule has 4 nitrogen and oxygen atoms in total. The van der Waals surface area contributed by atoms with Crippen LogP contribution < -0.4 is 0 Å². The molecule has 0 spiro atoms. The highest BCUT2D eigenvalue weighted by molar-refractivity contribution is 7.07. The molecule has 0 bridgehead atoms. The van der Waals surface area contributed by atoms with Crippen LogP contribution in [0.2, 0.25) is 0 Å². The minimum absolute atomic E-state index is 0.0393. The summed E-state index contributed by atoms with van der Waals surface area (Å²) in [5.74, 6) is 0.342. The van der Waals surface area contributed by atoms with Crippen LogP contribution in [0.1, 0.15) is 38.7 Å². The molecule has 2 saturated heterocycles. The number of rotatable bonds is 5. The van der Waals surface area contributed by atoms with Crippen molar-refractivity contribution in [3.05, 3.63) is 22.4 Å². The lowest BCUT2D eigenvalue weighted by molar-refractivity contribution is -0.138. The average molecular weight is 350 g/mol. The Morgan fingerprint density at radius 3 is 2.33 bits per heavy atom. The number of carbonyl (C=O) groups excluding carboxylic acids is 1. The summed E-state index contributed by atoms with van der Waals surface area (Å²) in [7, 11) is 0. The number of piperazine rings is 1. The van der Waals surface area contributed by atoms with Crippen LogP contribution in [0.5, 0.6) is 0 Å². The summed E-state index contributed by atoms with van der Waals surface area (Å²) in [6.07, 6.45) is 4.75. The third-order valence-electron chi connectivity index (χ3n) is 5.66. The molecule has 5 heteroatoms. The molecule has 1 amide bonds. The standard InChI is InChI=1S/C19H31N3OS/c1-16(14-18-6-13-24-15-18)20-9-11-21(12-10-20)17(2)19(23)22-7-4-3-5-8-22/h6,13,15-17H,3-5,7-12,14H2,1-2H3/t16-,17+/m1/s1. The van der Waals surface area contributed by atoms with E-state index in [0.717, 1.165) is 45.7 Å². The Kier molecular flexibility index (Phi) is 6.31. The van der Waals surface area contributed by atoms with Gasteiger partial charge >= 0.3 is 0 Å². The Balaban J connectivity index is 1.46. The zero-order valence-electron chi connectivity index (χ0n) is 15.1. The molecule has 2 aliphatic heterocycles. The molecule has 24 heavy (non-hydrogen) atoms. The molecule has 1 aromatic heterocycles. The van der Waals surface area contributed by atoms with E-state index in [-0.39, 0.29) is 6.04 Å². The number of piperidine rings is 1. The Morgan fingerprint density at radius 1 is 1.04 bits per heavy atom. The van der Waals surface area contributed by atoms with E-state index in [4.69, 9.17) is 0 Å². The maximum atomic E-state index is 12.7. The highest BCUT2D eigenvalue weighted by atomic mass is 32.1. The predicted molar refractivity (Wildman–Crippen MR) is 101 cm³/mol. The predicted octanol–water partition coefficient (Wildman–Crippen LogP) is 2.70. The van der Waals surface area contributed by atoms with E-state index >= 15 is 0 Å². The molecule has 0 unspecified atom stereocenters. The van der Waals surface area contributed by atoms with Gasteiger partial charge in [0.2, 0.25) is 5.91 Å². The van der Waals surface area contributed by atoms with Gasteiger partial charge in [0, 0.05) is 45.3 Å². The van der Waals surface area contributed by atoms with Gasteiger partial charge in [0.1, 0.15) is 0 Å². The number of hydrogen-bond acceptors (Lipinski definition) is 4. The zero-order valence-corrected chi connectivity index (χ0v) is 15.9. The van der Waals surface area contributed by atoms with Crippen LogP contribution in [-0.2, 0) is 11.2 Å². The largest absolute Gasteiger partial charge is 0.341 e. The molecule has 0 N–H and O–H groups in total. The second-order valence-corrected chi connectivity index (χ2v) is 8.10. The summed E-state index contributed by atoms with van der Waals surface area (Å²) < 4.78 is 0. The van der Waals surface area contributed by atoms with Gasteiger partial charge in [-0.3, -0.25) is 14.6 Å². The maximum absolute atomic E-state index is 12.7. The van der Waals surface area contributed by atoms with Crippen molar-refractivity contribution in [2.75, 3.05) is 39.3 Å². The molecule has 2 fully saturated rings. The molecular weight excluding hydrogens is 318 g/mol. The van der Waals surface area contributed by atoms with Gasteiger partial charge in [-0.2, -0.15) is 11.3 Å². The fourth-order valence-electron chi connectivity index (χ4n) is 3.98. The first-order chi connectivity index (χ1) is 11.6. The molecule has 3 heterocycles. The average Bonchev–Trinajstić information content (AvgIpc) is 3.14. The minimum Gasteiger partial charge on any atom is -0.341 e. The van der Waals surface area contributed by atoms with E-state index in [1.54, 1.807) is 11.3 Å². The molecule has 1 aromatic rings. The number of thiophene rings is 1. The van der Waals surface area contributed by atoms with E-state index in [1.807, 2.05) is 0 Å². The summed E-state index contributed by atoms with van der Waals surface area (Å²) in [4.78, 5) is 19.7. The number of likely N-dealkylation sites (tertiary alicyclic amines) is 1. The van der Waals surface area contributed by atoms with E-state index in [1.165, 1.54) is 24.8 Å². The molecule has 0 aliphatic carbocycles. The first kappa shape index (κ1) is 17.9. The highest BCUT2D eigenvalue weighted by Crippen LogP contribution is 2.17. The van der Waals surface area contributed by atoms with Gasteiger partial charge in [-0.1, -0.05) is 0 Å². The second kappa shape index (κ2) is 8.45. The summed E-state index contributed by atoms with van der Waals surface area (Å²) in [6.45, 7) is 10.5. The molecule has 0 saturated carbocycles. The summed E-state index contributed by atoms with van der Waals surface area (Å²) in [6, 6.07) is 2.85. The Labute approximate surface area is 150 Å². The van der Waals surface area contributed by atoms with E-state index in [9.17, 15) is 4.79 Å². The van der Waals surface area contributed by atoms with Crippen molar-refractivity contribution in [2.45, 2.75) is 51.6 Å². The summed E-state index contributed by atoms with van der Waals surface area (Å²) >= 11 is 1.78. The Bertz CT molecular complexity index is 505. The molecule has 0 radical (unpaired) electrons. The first-order valence-corrected chi connectivity index (χ1v) is 10.4. The van der Waals surface area contributed by atoms with Gasteiger partial charge in [0.05, 0.1) is 6.04 Å². The van der Waals surface area contributed by atoms with Crippen molar-refractivity contribution in [2.24, 2.45) is 0 Å². The van der Waals surface area contributed by atoms with Crippen LogP contribution in [0.25, 0.3) is 0 Å². The van der Waals surface area contributed by atoms with Crippen molar-refractivity contribution in [3.63, 3.8) is 0 Å². The van der Waals surface area contributed by atoms with Gasteiger partial charge in [-0.05, 0) is 61.9 Å². The van der Waals surface area contributed by atoms with E-state index in [2.05, 4.69) is 45.4 Å². The third-order valence-corrected chi connectivity index (χ3v) is 6.39. The van der Waals surface area contributed by atoms with Crippen molar-refractivity contribution < 1.29 is 4.79 Å². The first-order valence-electron chi connectivity index (χ1n) is 9.43. The third kappa shape index (κ3) is 4.38. The Hall–Kier alpha value is -0.910. The summed E-state index contributed by atoms with van der Waals surface area (Å²) in [5.41, 5.74) is 1.45. The van der Waals surface area contributed by atoms with Gasteiger partial charge < -0.3 is 4.90 Å². The lowest BCUT2D eigenvalue weighted by atomic mass is 10.1. The van der Waals surface area contributed by atoms with Gasteiger partial charge in [0.15, 0.2) is 0 Å². The number of amides is 1. The zero-order chi connectivity index (χ0) is 16.9. The van der Waals surface area contributed by atoms with E-state index in [0.29, 0.717) is 11.9 Å². The number of carbonyl (C=O) groups is 1. The molecule has 0 aromatic carbocycles. The number of nitrogens with zero attached hydrogens (tertiary/aromatic N) is 3. The Morgan fingerprint density at radius 2 is 1.71 bits per heavy atom. The van der Waals surface area contributed by atoms with Crippen LogP contribution in [0, 0.1) is 0 Å². The van der Waals surface area contributed by atoms with Crippen molar-refractivity contribution >= 4 is 17.2 Å². The van der Waals surface area contributed by atoms with Crippen molar-refractivity contribution in [1.82, 2.24) is 14.7 Å². The second-order valence-electron chi connectivity index (χ2n) is 7.32. The van der Waals surface area contributed by atoms with Crippen LogP contribution in [0.3, 0.4) is 0 Å². The lowest BCUT2D eigenvalue weighted by Gasteiger charge is -2.41. The van der Waals surface area contributed by atoms with Crippen LogP contribution >= 0.6 is 11.3 Å².